The molecular weight excluding hydrogens is 321 g/mol. The highest BCUT2D eigenvalue weighted by atomic mass is 35.5. The van der Waals surface area contributed by atoms with Gasteiger partial charge in [-0.3, -0.25) is 0 Å². The van der Waals surface area contributed by atoms with Gasteiger partial charge in [0, 0.05) is 6.20 Å². The molecule has 0 aliphatic carbocycles. The number of rotatable bonds is 2. The van der Waals surface area contributed by atoms with E-state index in [9.17, 15) is 26.7 Å². The summed E-state index contributed by atoms with van der Waals surface area (Å²) < 4.78 is 69.5. The molecule has 9 heteroatoms. The molecule has 110 valence electrons. The summed E-state index contributed by atoms with van der Waals surface area (Å²) in [4.78, 5) is 15.1. The number of carbonyl (C=O) groups excluding carboxylic acids is 1. The molecule has 0 radical (unpaired) electrons. The Morgan fingerprint density at radius 2 is 1.52 bits per heavy atom. The van der Waals surface area contributed by atoms with Crippen molar-refractivity contribution in [2.24, 2.45) is 0 Å². The number of carbonyl (C=O) groups is 1. The maximum atomic E-state index is 13.3. The van der Waals surface area contributed by atoms with Gasteiger partial charge in [0.2, 0.25) is 34.8 Å². The molecule has 21 heavy (non-hydrogen) atoms. The van der Waals surface area contributed by atoms with Crippen LogP contribution >= 0.6 is 11.6 Å². The number of pyridine rings is 1. The summed E-state index contributed by atoms with van der Waals surface area (Å²) in [7, 11) is 0. The third kappa shape index (κ3) is 2.66. The molecule has 0 amide bonds. The lowest BCUT2D eigenvalue weighted by atomic mass is 10.2. The normalized spacial score (nSPS) is 10.6. The van der Waals surface area contributed by atoms with Gasteiger partial charge < -0.3 is 4.74 Å². The lowest BCUT2D eigenvalue weighted by Crippen LogP contribution is -2.15. The summed E-state index contributed by atoms with van der Waals surface area (Å²) >= 11 is 5.59. The van der Waals surface area contributed by atoms with Gasteiger partial charge in [0.05, 0.1) is 5.02 Å². The van der Waals surface area contributed by atoms with E-state index in [0.717, 1.165) is 6.20 Å². The van der Waals surface area contributed by atoms with Gasteiger partial charge in [-0.25, -0.2) is 22.9 Å². The number of halogens is 6. The van der Waals surface area contributed by atoms with Crippen LogP contribution in [-0.4, -0.2) is 11.0 Å². The fourth-order valence-corrected chi connectivity index (χ4v) is 1.55. The fourth-order valence-electron chi connectivity index (χ4n) is 1.35. The van der Waals surface area contributed by atoms with Crippen molar-refractivity contribution in [2.45, 2.75) is 0 Å². The molecule has 1 heterocycles. The van der Waals surface area contributed by atoms with Crippen molar-refractivity contribution in [3.63, 3.8) is 0 Å². The first-order valence-electron chi connectivity index (χ1n) is 5.18. The minimum Gasteiger partial charge on any atom is -0.415 e. The van der Waals surface area contributed by atoms with Crippen LogP contribution in [0, 0.1) is 29.1 Å². The molecular formula is C12H3ClF5NO2. The maximum absolute atomic E-state index is 13.3. The van der Waals surface area contributed by atoms with Gasteiger partial charge in [-0.1, -0.05) is 11.6 Å². The molecule has 0 atom stereocenters. The predicted octanol–water partition coefficient (Wildman–Crippen LogP) is 3.65. The van der Waals surface area contributed by atoms with E-state index in [-0.39, 0.29) is 5.02 Å². The van der Waals surface area contributed by atoms with Crippen LogP contribution in [0.5, 0.6) is 5.75 Å². The topological polar surface area (TPSA) is 39.2 Å². The van der Waals surface area contributed by atoms with Gasteiger partial charge in [0.1, 0.15) is 0 Å². The minimum atomic E-state index is -2.36. The van der Waals surface area contributed by atoms with Crippen LogP contribution < -0.4 is 4.74 Å². The standard InChI is InChI=1S/C12H3ClF5NO2/c13-4-2-1-3-19-10(4)12(20)21-11-8(17)6(15)5(14)7(16)9(11)18/h1-3H. The first kappa shape index (κ1) is 15.2. The fraction of sp³-hybridized carbons (Fsp3) is 0. The zero-order valence-corrected chi connectivity index (χ0v) is 10.5. The van der Waals surface area contributed by atoms with Crippen LogP contribution in [0.2, 0.25) is 5.02 Å². The van der Waals surface area contributed by atoms with Crippen LogP contribution in [0.15, 0.2) is 18.3 Å². The summed E-state index contributed by atoms with van der Waals surface area (Å²) in [5, 5.41) is -0.216. The molecule has 0 fully saturated rings. The molecule has 0 spiro atoms. The van der Waals surface area contributed by atoms with E-state index in [2.05, 4.69) is 9.72 Å². The first-order chi connectivity index (χ1) is 9.84. The minimum absolute atomic E-state index is 0.216. The second-order valence-corrected chi connectivity index (χ2v) is 4.03. The molecule has 0 aliphatic rings. The molecule has 0 N–H and O–H groups in total. The van der Waals surface area contributed by atoms with E-state index in [1.54, 1.807) is 0 Å². The van der Waals surface area contributed by atoms with Gasteiger partial charge in [-0.2, -0.15) is 8.78 Å². The number of hydrogen-bond donors (Lipinski definition) is 0. The van der Waals surface area contributed by atoms with Crippen LogP contribution in [-0.2, 0) is 0 Å². The molecule has 0 unspecified atom stereocenters. The van der Waals surface area contributed by atoms with E-state index < -0.39 is 46.5 Å². The third-order valence-electron chi connectivity index (χ3n) is 2.32. The van der Waals surface area contributed by atoms with Gasteiger partial charge in [-0.05, 0) is 12.1 Å². The largest absolute Gasteiger partial charge is 0.415 e. The van der Waals surface area contributed by atoms with Gasteiger partial charge in [0.25, 0.3) is 0 Å². The molecule has 3 nitrogen and oxygen atoms in total. The molecule has 0 saturated heterocycles. The quantitative estimate of drug-likeness (QED) is 0.278. The monoisotopic (exact) mass is 323 g/mol. The summed E-state index contributed by atoms with van der Waals surface area (Å²) in [6.07, 6.45) is 1.13. The number of nitrogens with zero attached hydrogens (tertiary/aromatic N) is 1. The van der Waals surface area contributed by atoms with Crippen LogP contribution in [0.3, 0.4) is 0 Å². The van der Waals surface area contributed by atoms with Crippen molar-refractivity contribution in [1.82, 2.24) is 4.98 Å². The maximum Gasteiger partial charge on any atom is 0.364 e. The van der Waals surface area contributed by atoms with Crippen molar-refractivity contribution < 1.29 is 31.5 Å². The average molecular weight is 324 g/mol. The molecule has 1 aromatic carbocycles. The Morgan fingerprint density at radius 1 is 1.00 bits per heavy atom. The Hall–Kier alpha value is -2.22. The van der Waals surface area contributed by atoms with E-state index in [1.165, 1.54) is 12.1 Å². The van der Waals surface area contributed by atoms with Crippen molar-refractivity contribution >= 4 is 17.6 Å². The second kappa shape index (κ2) is 5.65. The van der Waals surface area contributed by atoms with E-state index >= 15 is 0 Å². The zero-order valence-electron chi connectivity index (χ0n) is 9.76. The van der Waals surface area contributed by atoms with E-state index in [0.29, 0.717) is 0 Å². The highest BCUT2D eigenvalue weighted by Crippen LogP contribution is 2.30. The Bertz CT molecular complexity index is 709. The van der Waals surface area contributed by atoms with Crippen LogP contribution in [0.25, 0.3) is 0 Å². The number of aromatic nitrogens is 1. The van der Waals surface area contributed by atoms with E-state index in [1.807, 2.05) is 0 Å². The molecule has 1 aromatic heterocycles. The Morgan fingerprint density at radius 3 is 2.05 bits per heavy atom. The Labute approximate surface area is 118 Å². The highest BCUT2D eigenvalue weighted by Gasteiger charge is 2.29. The van der Waals surface area contributed by atoms with Crippen molar-refractivity contribution in [1.29, 1.82) is 0 Å². The third-order valence-corrected chi connectivity index (χ3v) is 2.62. The number of esters is 1. The molecule has 2 rings (SSSR count). The average Bonchev–Trinajstić information content (AvgIpc) is 2.48. The lowest BCUT2D eigenvalue weighted by Gasteiger charge is -2.08. The van der Waals surface area contributed by atoms with Crippen molar-refractivity contribution in [2.75, 3.05) is 0 Å². The van der Waals surface area contributed by atoms with Crippen LogP contribution in [0.1, 0.15) is 10.5 Å². The molecule has 2 aromatic rings. The van der Waals surface area contributed by atoms with Gasteiger partial charge in [0.15, 0.2) is 5.69 Å². The summed E-state index contributed by atoms with van der Waals surface area (Å²) in [5.41, 5.74) is -0.539. The Balaban J connectivity index is 2.46. The summed E-state index contributed by atoms with van der Waals surface area (Å²) in [5.74, 6) is -14.6. The molecule has 0 bridgehead atoms. The zero-order chi connectivity index (χ0) is 15.7. The second-order valence-electron chi connectivity index (χ2n) is 3.62. The predicted molar refractivity (Wildman–Crippen MR) is 60.4 cm³/mol. The molecule has 0 aliphatic heterocycles. The van der Waals surface area contributed by atoms with Crippen molar-refractivity contribution in [3.05, 3.63) is 58.1 Å². The Kier molecular flexibility index (Phi) is 4.08. The van der Waals surface area contributed by atoms with E-state index in [4.69, 9.17) is 11.6 Å². The SMILES string of the molecule is O=C(Oc1c(F)c(F)c(F)c(F)c1F)c1ncccc1Cl. The summed E-state index contributed by atoms with van der Waals surface area (Å²) in [6.45, 7) is 0. The smallest absolute Gasteiger partial charge is 0.364 e. The van der Waals surface area contributed by atoms with Gasteiger partial charge >= 0.3 is 5.97 Å². The highest BCUT2D eigenvalue weighted by molar-refractivity contribution is 6.33. The van der Waals surface area contributed by atoms with Crippen molar-refractivity contribution in [3.8, 4) is 5.75 Å². The first-order valence-corrected chi connectivity index (χ1v) is 5.56. The number of ether oxygens (including phenoxy) is 1. The van der Waals surface area contributed by atoms with Crippen LogP contribution in [0.4, 0.5) is 22.0 Å². The summed E-state index contributed by atoms with van der Waals surface area (Å²) in [6, 6.07) is 2.58. The lowest BCUT2D eigenvalue weighted by molar-refractivity contribution is 0.0710. The van der Waals surface area contributed by atoms with Gasteiger partial charge in [-0.15, -0.1) is 0 Å². The molecule has 0 saturated carbocycles. The number of hydrogen-bond acceptors (Lipinski definition) is 3. The number of benzene rings is 1.